The summed E-state index contributed by atoms with van der Waals surface area (Å²) in [5.74, 6) is -0.360. The highest BCUT2D eigenvalue weighted by Crippen LogP contribution is 2.23. The summed E-state index contributed by atoms with van der Waals surface area (Å²) in [6.07, 6.45) is 0. The number of non-ortho nitro benzene ring substituents is 1. The number of aryl methyl sites for hydroxylation is 1. The number of rotatable bonds is 5. The molecule has 10 heteroatoms. The second kappa shape index (κ2) is 7.09. The van der Waals surface area contributed by atoms with Crippen molar-refractivity contribution in [3.8, 4) is 0 Å². The van der Waals surface area contributed by atoms with E-state index in [2.05, 4.69) is 10.5 Å². The smallest absolute Gasteiger partial charge is 0.270 e. The van der Waals surface area contributed by atoms with Crippen molar-refractivity contribution in [3.05, 3.63) is 50.7 Å². The average Bonchev–Trinajstić information content (AvgIpc) is 2.91. The highest BCUT2D eigenvalue weighted by atomic mass is 35.5. The topological polar surface area (TPSA) is 119 Å². The van der Waals surface area contributed by atoms with Crippen molar-refractivity contribution in [2.24, 2.45) is 0 Å². The maximum atomic E-state index is 12.3. The maximum Gasteiger partial charge on any atom is 0.270 e. The second-order valence-electron chi connectivity index (χ2n) is 4.95. The number of carbonyl (C=O) groups excluding carboxylic acids is 2. The molecule has 2 aromatic rings. The Bertz CT molecular complexity index is 804. The lowest BCUT2D eigenvalue weighted by Crippen LogP contribution is -2.35. The van der Waals surface area contributed by atoms with Crippen LogP contribution in [0.2, 0.25) is 5.02 Å². The summed E-state index contributed by atoms with van der Waals surface area (Å²) in [5, 5.41) is 16.9. The number of benzene rings is 1. The Morgan fingerprint density at radius 1 is 1.42 bits per heavy atom. The Morgan fingerprint density at radius 3 is 2.71 bits per heavy atom. The van der Waals surface area contributed by atoms with E-state index >= 15 is 0 Å². The Kier molecular flexibility index (Phi) is 5.14. The number of aromatic nitrogens is 1. The van der Waals surface area contributed by atoms with Crippen LogP contribution in [0.1, 0.15) is 16.1 Å². The van der Waals surface area contributed by atoms with Crippen molar-refractivity contribution in [2.45, 2.75) is 6.92 Å². The molecule has 0 saturated heterocycles. The van der Waals surface area contributed by atoms with Crippen LogP contribution in [0.3, 0.4) is 0 Å². The predicted molar refractivity (Wildman–Crippen MR) is 84.9 cm³/mol. The molecule has 0 atom stereocenters. The van der Waals surface area contributed by atoms with Gasteiger partial charge < -0.3 is 14.7 Å². The Morgan fingerprint density at radius 2 is 2.12 bits per heavy atom. The third kappa shape index (κ3) is 4.07. The van der Waals surface area contributed by atoms with Crippen LogP contribution in [0, 0.1) is 17.0 Å². The molecule has 0 aliphatic heterocycles. The molecule has 2 rings (SSSR count). The van der Waals surface area contributed by atoms with E-state index in [1.54, 1.807) is 6.92 Å². The molecule has 126 valence electrons. The maximum absolute atomic E-state index is 12.3. The molecule has 9 nitrogen and oxygen atoms in total. The summed E-state index contributed by atoms with van der Waals surface area (Å²) >= 11 is 5.92. The Balaban J connectivity index is 2.07. The van der Waals surface area contributed by atoms with Crippen LogP contribution in [0.4, 0.5) is 11.5 Å². The molecule has 0 spiro atoms. The molecule has 0 unspecified atom stereocenters. The van der Waals surface area contributed by atoms with Gasteiger partial charge in [0.15, 0.2) is 5.82 Å². The largest absolute Gasteiger partial charge is 0.360 e. The first-order valence-electron chi connectivity index (χ1n) is 6.70. The molecule has 2 amide bonds. The van der Waals surface area contributed by atoms with Gasteiger partial charge in [-0.05, 0) is 13.0 Å². The van der Waals surface area contributed by atoms with Crippen molar-refractivity contribution in [1.82, 2.24) is 10.1 Å². The number of nitrogens with zero attached hydrogens (tertiary/aromatic N) is 3. The molecule has 1 N–H and O–H groups in total. The van der Waals surface area contributed by atoms with Gasteiger partial charge in [-0.25, -0.2) is 0 Å². The molecule has 0 aliphatic rings. The lowest BCUT2D eigenvalue weighted by molar-refractivity contribution is -0.384. The summed E-state index contributed by atoms with van der Waals surface area (Å²) in [5.41, 5.74) is -0.322. The van der Waals surface area contributed by atoms with Gasteiger partial charge in [0.1, 0.15) is 5.76 Å². The summed E-state index contributed by atoms with van der Waals surface area (Å²) in [7, 11) is 1.38. The van der Waals surface area contributed by atoms with Gasteiger partial charge in [-0.1, -0.05) is 16.8 Å². The minimum absolute atomic E-state index is 0.0570. The highest BCUT2D eigenvalue weighted by molar-refractivity contribution is 6.34. The summed E-state index contributed by atoms with van der Waals surface area (Å²) in [6, 6.07) is 5.05. The zero-order valence-corrected chi connectivity index (χ0v) is 13.5. The lowest BCUT2D eigenvalue weighted by atomic mass is 10.1. The van der Waals surface area contributed by atoms with Gasteiger partial charge >= 0.3 is 0 Å². The monoisotopic (exact) mass is 352 g/mol. The molecule has 1 heterocycles. The van der Waals surface area contributed by atoms with Gasteiger partial charge in [0, 0.05) is 25.2 Å². The molecular formula is C14H13ClN4O5. The summed E-state index contributed by atoms with van der Waals surface area (Å²) in [6.45, 7) is 1.38. The van der Waals surface area contributed by atoms with Crippen molar-refractivity contribution in [1.29, 1.82) is 0 Å². The molecule has 1 aromatic carbocycles. The molecule has 0 aliphatic carbocycles. The molecule has 0 bridgehead atoms. The zero-order chi connectivity index (χ0) is 17.9. The van der Waals surface area contributed by atoms with E-state index in [0.717, 1.165) is 11.0 Å². The van der Waals surface area contributed by atoms with E-state index in [0.29, 0.717) is 5.76 Å². The van der Waals surface area contributed by atoms with E-state index in [4.69, 9.17) is 16.1 Å². The predicted octanol–water partition coefficient (Wildman–Crippen LogP) is 2.26. The minimum atomic E-state index is -0.632. The molecule has 24 heavy (non-hydrogen) atoms. The first-order chi connectivity index (χ1) is 11.3. The first-order valence-corrected chi connectivity index (χ1v) is 7.08. The number of anilines is 1. The van der Waals surface area contributed by atoms with Crippen LogP contribution < -0.4 is 5.32 Å². The van der Waals surface area contributed by atoms with E-state index in [1.165, 1.54) is 25.2 Å². The van der Waals surface area contributed by atoms with Crippen molar-refractivity contribution >= 4 is 34.9 Å². The first kappa shape index (κ1) is 17.4. The van der Waals surface area contributed by atoms with Crippen molar-refractivity contribution in [2.75, 3.05) is 18.9 Å². The van der Waals surface area contributed by atoms with Gasteiger partial charge in [-0.15, -0.1) is 0 Å². The third-order valence-corrected chi connectivity index (χ3v) is 3.34. The zero-order valence-electron chi connectivity index (χ0n) is 12.8. The normalized spacial score (nSPS) is 10.3. The SMILES string of the molecule is Cc1cc(NC(=O)CN(C)C(=O)c2cc([N+](=O)[O-])ccc2Cl)no1. The van der Waals surface area contributed by atoms with Gasteiger partial charge in [-0.3, -0.25) is 19.7 Å². The highest BCUT2D eigenvalue weighted by Gasteiger charge is 2.21. The fourth-order valence-electron chi connectivity index (χ4n) is 1.89. The Hall–Kier alpha value is -2.94. The minimum Gasteiger partial charge on any atom is -0.360 e. The molecular weight excluding hydrogens is 340 g/mol. The van der Waals surface area contributed by atoms with Gasteiger partial charge in [0.2, 0.25) is 5.91 Å². The number of nitrogens with one attached hydrogen (secondary N) is 1. The van der Waals surface area contributed by atoms with Crippen LogP contribution in [0.5, 0.6) is 0 Å². The second-order valence-corrected chi connectivity index (χ2v) is 5.36. The average molecular weight is 353 g/mol. The van der Waals surface area contributed by atoms with E-state index in [-0.39, 0.29) is 28.6 Å². The number of amides is 2. The van der Waals surface area contributed by atoms with Crippen LogP contribution in [0.25, 0.3) is 0 Å². The number of halogens is 1. The van der Waals surface area contributed by atoms with Gasteiger partial charge in [0.05, 0.1) is 22.1 Å². The standard InChI is InChI=1S/C14H13ClN4O5/c1-8-5-12(17-24-8)16-13(20)7-18(2)14(21)10-6-9(19(22)23)3-4-11(10)15/h3-6H,7H2,1-2H3,(H,16,17,20). The number of hydrogen-bond donors (Lipinski definition) is 1. The fraction of sp³-hybridized carbons (Fsp3) is 0.214. The molecule has 0 fully saturated rings. The quantitative estimate of drug-likeness (QED) is 0.651. The fourth-order valence-corrected chi connectivity index (χ4v) is 2.09. The van der Waals surface area contributed by atoms with Crippen molar-refractivity contribution < 1.29 is 19.0 Å². The van der Waals surface area contributed by atoms with E-state index < -0.39 is 16.7 Å². The molecule has 1 aromatic heterocycles. The lowest BCUT2D eigenvalue weighted by Gasteiger charge is -2.17. The number of carbonyl (C=O) groups is 2. The van der Waals surface area contributed by atoms with Crippen LogP contribution in [-0.2, 0) is 4.79 Å². The number of nitro groups is 1. The van der Waals surface area contributed by atoms with Crippen LogP contribution >= 0.6 is 11.6 Å². The van der Waals surface area contributed by atoms with E-state index in [9.17, 15) is 19.7 Å². The van der Waals surface area contributed by atoms with E-state index in [1.807, 2.05) is 0 Å². The van der Waals surface area contributed by atoms with Crippen LogP contribution in [-0.4, -0.2) is 40.4 Å². The number of nitro benzene ring substituents is 1. The van der Waals surface area contributed by atoms with Gasteiger partial charge in [-0.2, -0.15) is 0 Å². The number of likely N-dealkylation sites (N-methyl/N-ethyl adjacent to an activating group) is 1. The molecule has 0 saturated carbocycles. The Labute approximate surface area is 141 Å². The third-order valence-electron chi connectivity index (χ3n) is 3.01. The summed E-state index contributed by atoms with van der Waals surface area (Å²) in [4.78, 5) is 35.5. The number of hydrogen-bond acceptors (Lipinski definition) is 6. The van der Waals surface area contributed by atoms with Crippen molar-refractivity contribution in [3.63, 3.8) is 0 Å². The van der Waals surface area contributed by atoms with Crippen LogP contribution in [0.15, 0.2) is 28.8 Å². The molecule has 0 radical (unpaired) electrons. The van der Waals surface area contributed by atoms with Gasteiger partial charge in [0.25, 0.3) is 11.6 Å². The summed E-state index contributed by atoms with van der Waals surface area (Å²) < 4.78 is 4.81.